The first-order chi connectivity index (χ1) is 14.0. The first-order valence-electron chi connectivity index (χ1n) is 10.1. The molecule has 0 bridgehead atoms. The number of carbonyl (C=O) groups is 2. The van der Waals surface area contributed by atoms with E-state index in [2.05, 4.69) is 17.2 Å². The van der Waals surface area contributed by atoms with E-state index < -0.39 is 0 Å². The number of carbonyl (C=O) groups excluding carboxylic acids is 2. The maximum Gasteiger partial charge on any atom is 0.290 e. The van der Waals surface area contributed by atoms with Crippen molar-refractivity contribution in [1.29, 1.82) is 0 Å². The Labute approximate surface area is 170 Å². The summed E-state index contributed by atoms with van der Waals surface area (Å²) in [6.45, 7) is 6.07. The topological polar surface area (TPSA) is 66.7 Å². The van der Waals surface area contributed by atoms with Crippen LogP contribution in [0.25, 0.3) is 5.52 Å². The van der Waals surface area contributed by atoms with E-state index in [1.54, 1.807) is 10.6 Å². The van der Waals surface area contributed by atoms with Crippen molar-refractivity contribution < 1.29 is 9.59 Å². The SMILES string of the molecule is Cc1ccc(CNC(=O)c2nc(C(=O)N3CCCC(C)C3)n3ccccc23)cc1. The highest BCUT2D eigenvalue weighted by atomic mass is 16.2. The molecule has 3 heterocycles. The van der Waals surface area contributed by atoms with E-state index in [-0.39, 0.29) is 17.5 Å². The zero-order chi connectivity index (χ0) is 20.4. The Hall–Kier alpha value is -3.15. The van der Waals surface area contributed by atoms with Gasteiger partial charge in [0.25, 0.3) is 11.8 Å². The average molecular weight is 390 g/mol. The van der Waals surface area contributed by atoms with E-state index in [4.69, 9.17) is 0 Å². The molecule has 1 aliphatic heterocycles. The lowest BCUT2D eigenvalue weighted by molar-refractivity contribution is 0.0670. The van der Waals surface area contributed by atoms with Crippen molar-refractivity contribution in [3.63, 3.8) is 0 Å². The van der Waals surface area contributed by atoms with Gasteiger partial charge >= 0.3 is 0 Å². The van der Waals surface area contributed by atoms with Crippen molar-refractivity contribution in [1.82, 2.24) is 19.6 Å². The number of piperidine rings is 1. The lowest BCUT2D eigenvalue weighted by atomic mass is 10.0. The Bertz CT molecular complexity index is 1040. The van der Waals surface area contributed by atoms with Crippen LogP contribution in [0.1, 0.15) is 52.0 Å². The Morgan fingerprint density at radius 1 is 1.17 bits per heavy atom. The standard InChI is InChI=1S/C23H26N4O2/c1-16-8-10-18(11-9-16)14-24-22(28)20-19-7-3-4-13-27(19)21(25-20)23(29)26-12-5-6-17(2)15-26/h3-4,7-11,13,17H,5-6,12,14-15H2,1-2H3,(H,24,28). The number of imidazole rings is 1. The van der Waals surface area contributed by atoms with Crippen LogP contribution >= 0.6 is 0 Å². The minimum Gasteiger partial charge on any atom is -0.347 e. The van der Waals surface area contributed by atoms with E-state index in [1.165, 1.54) is 5.56 Å². The molecule has 1 saturated heterocycles. The van der Waals surface area contributed by atoms with Crippen LogP contribution in [0.5, 0.6) is 0 Å². The summed E-state index contributed by atoms with van der Waals surface area (Å²) in [6.07, 6.45) is 3.93. The Morgan fingerprint density at radius 2 is 1.97 bits per heavy atom. The van der Waals surface area contributed by atoms with Gasteiger partial charge in [-0.1, -0.05) is 42.8 Å². The smallest absolute Gasteiger partial charge is 0.290 e. The number of nitrogens with zero attached hydrogens (tertiary/aromatic N) is 3. The predicted octanol–water partition coefficient (Wildman–Crippen LogP) is 3.44. The van der Waals surface area contributed by atoms with Crippen molar-refractivity contribution >= 4 is 17.3 Å². The van der Waals surface area contributed by atoms with Crippen molar-refractivity contribution in [3.8, 4) is 0 Å². The summed E-state index contributed by atoms with van der Waals surface area (Å²) in [6, 6.07) is 13.5. The molecule has 6 nitrogen and oxygen atoms in total. The van der Waals surface area contributed by atoms with Crippen LogP contribution in [0, 0.1) is 12.8 Å². The van der Waals surface area contributed by atoms with E-state index >= 15 is 0 Å². The molecule has 1 unspecified atom stereocenters. The normalized spacial score (nSPS) is 16.8. The second kappa shape index (κ2) is 8.07. The molecule has 0 saturated carbocycles. The summed E-state index contributed by atoms with van der Waals surface area (Å²) in [4.78, 5) is 32.3. The molecule has 0 spiro atoms. The second-order valence-corrected chi connectivity index (χ2v) is 7.91. The quantitative estimate of drug-likeness (QED) is 0.742. The van der Waals surface area contributed by atoms with Gasteiger partial charge in [-0.05, 0) is 43.4 Å². The summed E-state index contributed by atoms with van der Waals surface area (Å²) < 4.78 is 1.72. The fourth-order valence-corrected chi connectivity index (χ4v) is 3.84. The molecule has 1 aromatic carbocycles. The maximum absolute atomic E-state index is 13.1. The zero-order valence-corrected chi connectivity index (χ0v) is 16.9. The van der Waals surface area contributed by atoms with Crippen LogP contribution in [0.3, 0.4) is 0 Å². The van der Waals surface area contributed by atoms with Gasteiger partial charge in [0, 0.05) is 25.8 Å². The number of rotatable bonds is 4. The molecule has 1 N–H and O–H groups in total. The monoisotopic (exact) mass is 390 g/mol. The van der Waals surface area contributed by atoms with E-state index in [0.717, 1.165) is 31.5 Å². The number of hydrogen-bond donors (Lipinski definition) is 1. The largest absolute Gasteiger partial charge is 0.347 e. The Kier molecular flexibility index (Phi) is 5.34. The third-order valence-electron chi connectivity index (χ3n) is 5.47. The molecule has 1 fully saturated rings. The van der Waals surface area contributed by atoms with Gasteiger partial charge in [-0.3, -0.25) is 14.0 Å². The molecular formula is C23H26N4O2. The fourth-order valence-electron chi connectivity index (χ4n) is 3.84. The highest BCUT2D eigenvalue weighted by Crippen LogP contribution is 2.20. The first-order valence-corrected chi connectivity index (χ1v) is 10.1. The van der Waals surface area contributed by atoms with Crippen LogP contribution in [-0.2, 0) is 6.54 Å². The number of pyridine rings is 1. The molecule has 2 amide bonds. The number of nitrogens with one attached hydrogen (secondary N) is 1. The summed E-state index contributed by atoms with van der Waals surface area (Å²) in [7, 11) is 0. The number of likely N-dealkylation sites (tertiary alicyclic amines) is 1. The molecule has 3 aromatic rings. The van der Waals surface area contributed by atoms with E-state index in [9.17, 15) is 9.59 Å². The predicted molar refractivity (Wildman–Crippen MR) is 112 cm³/mol. The van der Waals surface area contributed by atoms with Gasteiger partial charge in [0.2, 0.25) is 5.82 Å². The van der Waals surface area contributed by atoms with Gasteiger partial charge in [-0.2, -0.15) is 0 Å². The third kappa shape index (κ3) is 4.01. The Morgan fingerprint density at radius 3 is 2.72 bits per heavy atom. The van der Waals surface area contributed by atoms with Crippen LogP contribution in [-0.4, -0.2) is 39.2 Å². The van der Waals surface area contributed by atoms with E-state index in [0.29, 0.717) is 23.8 Å². The molecule has 29 heavy (non-hydrogen) atoms. The second-order valence-electron chi connectivity index (χ2n) is 7.91. The van der Waals surface area contributed by atoms with Gasteiger partial charge in [-0.25, -0.2) is 4.98 Å². The molecular weight excluding hydrogens is 364 g/mol. The minimum absolute atomic E-state index is 0.115. The van der Waals surface area contributed by atoms with Crippen LogP contribution < -0.4 is 5.32 Å². The molecule has 0 aliphatic carbocycles. The van der Waals surface area contributed by atoms with Crippen LogP contribution in [0.15, 0.2) is 48.7 Å². The van der Waals surface area contributed by atoms with Crippen molar-refractivity contribution in [2.45, 2.75) is 33.2 Å². The lowest BCUT2D eigenvalue weighted by Crippen LogP contribution is -2.40. The molecule has 4 rings (SSSR count). The number of benzene rings is 1. The molecule has 0 radical (unpaired) electrons. The number of fused-ring (bicyclic) bond motifs is 1. The number of amides is 2. The first kappa shape index (κ1) is 19.2. The minimum atomic E-state index is -0.277. The van der Waals surface area contributed by atoms with Crippen molar-refractivity contribution in [3.05, 3.63) is 71.3 Å². The van der Waals surface area contributed by atoms with Crippen molar-refractivity contribution in [2.75, 3.05) is 13.1 Å². The average Bonchev–Trinajstić information content (AvgIpc) is 3.12. The summed E-state index contributed by atoms with van der Waals surface area (Å²) in [5.74, 6) is 0.391. The Balaban J connectivity index is 1.59. The molecule has 6 heteroatoms. The molecule has 1 atom stereocenters. The number of aryl methyl sites for hydroxylation is 1. The molecule has 150 valence electrons. The molecule has 1 aliphatic rings. The van der Waals surface area contributed by atoms with Crippen LogP contribution in [0.4, 0.5) is 0 Å². The fraction of sp³-hybridized carbons (Fsp3) is 0.348. The summed E-state index contributed by atoms with van der Waals surface area (Å²) in [5, 5.41) is 2.93. The van der Waals surface area contributed by atoms with E-state index in [1.807, 2.05) is 54.3 Å². The van der Waals surface area contributed by atoms with Gasteiger partial charge in [0.15, 0.2) is 5.69 Å². The highest BCUT2D eigenvalue weighted by molar-refractivity contribution is 6.02. The third-order valence-corrected chi connectivity index (χ3v) is 5.47. The van der Waals surface area contributed by atoms with Crippen molar-refractivity contribution in [2.24, 2.45) is 5.92 Å². The van der Waals surface area contributed by atoms with Gasteiger partial charge < -0.3 is 10.2 Å². The van der Waals surface area contributed by atoms with Crippen LogP contribution in [0.2, 0.25) is 0 Å². The summed E-state index contributed by atoms with van der Waals surface area (Å²) in [5.41, 5.74) is 3.12. The summed E-state index contributed by atoms with van der Waals surface area (Å²) >= 11 is 0. The van der Waals surface area contributed by atoms with Gasteiger partial charge in [0.05, 0.1) is 5.52 Å². The number of aromatic nitrogens is 2. The zero-order valence-electron chi connectivity index (χ0n) is 16.9. The highest BCUT2D eigenvalue weighted by Gasteiger charge is 2.27. The maximum atomic E-state index is 13.1. The molecule has 2 aromatic heterocycles. The van der Waals surface area contributed by atoms with Gasteiger partial charge in [0.1, 0.15) is 0 Å². The number of hydrogen-bond acceptors (Lipinski definition) is 3. The lowest BCUT2D eigenvalue weighted by Gasteiger charge is -2.30. The van der Waals surface area contributed by atoms with Gasteiger partial charge in [-0.15, -0.1) is 0 Å².